The normalized spacial score (nSPS) is 20.2. The van der Waals surface area contributed by atoms with E-state index in [2.05, 4.69) is 18.0 Å². The summed E-state index contributed by atoms with van der Waals surface area (Å²) in [4.78, 5) is 20.0. The van der Waals surface area contributed by atoms with Gasteiger partial charge in [-0.2, -0.15) is 0 Å². The molecule has 1 aliphatic carbocycles. The molecule has 0 bridgehead atoms. The first-order valence-electron chi connectivity index (χ1n) is 9.96. The van der Waals surface area contributed by atoms with Gasteiger partial charge < -0.3 is 14.8 Å². The summed E-state index contributed by atoms with van der Waals surface area (Å²) in [6.45, 7) is 2.73. The number of nitrogens with one attached hydrogen (secondary N) is 1. The van der Waals surface area contributed by atoms with Crippen LogP contribution in [0, 0.1) is 5.41 Å². The van der Waals surface area contributed by atoms with Gasteiger partial charge in [0.15, 0.2) is 0 Å². The average Bonchev–Trinajstić information content (AvgIpc) is 3.26. The van der Waals surface area contributed by atoms with Gasteiger partial charge in [-0.15, -0.1) is 0 Å². The Balaban J connectivity index is 1.49. The molecule has 1 atom stereocenters. The lowest BCUT2D eigenvalue weighted by atomic mass is 9.78. The molecule has 1 aliphatic heterocycles. The van der Waals surface area contributed by atoms with Crippen molar-refractivity contribution in [1.29, 1.82) is 0 Å². The van der Waals surface area contributed by atoms with E-state index in [1.165, 1.54) is 18.4 Å². The molecule has 1 aromatic heterocycles. The van der Waals surface area contributed by atoms with Crippen molar-refractivity contribution in [1.82, 2.24) is 9.97 Å². The molecule has 0 spiro atoms. The number of H-pyrrole nitrogens is 1. The molecule has 150 valence electrons. The van der Waals surface area contributed by atoms with E-state index < -0.39 is 11.4 Å². The number of benzene rings is 2. The van der Waals surface area contributed by atoms with Crippen LogP contribution < -0.4 is 0 Å². The first-order valence-corrected chi connectivity index (χ1v) is 10.3. The summed E-state index contributed by atoms with van der Waals surface area (Å²) in [5.74, 6) is 0.356. The van der Waals surface area contributed by atoms with Crippen molar-refractivity contribution in [2.24, 2.45) is 5.41 Å². The lowest BCUT2D eigenvalue weighted by Gasteiger charge is -2.37. The largest absolute Gasteiger partial charge is 0.480 e. The SMILES string of the molecule is CC1([C@H](Cc2nc3ccc(C4(C(=O)O)COC4)cc3[nH]2)c2ccccc2Cl)CC1. The molecule has 3 aromatic rings. The summed E-state index contributed by atoms with van der Waals surface area (Å²) in [5.41, 5.74) is 2.95. The molecule has 6 heteroatoms. The zero-order valence-corrected chi connectivity index (χ0v) is 17.0. The number of halogens is 1. The molecule has 29 heavy (non-hydrogen) atoms. The van der Waals surface area contributed by atoms with E-state index in [4.69, 9.17) is 21.3 Å². The third-order valence-corrected chi connectivity index (χ3v) is 7.09. The Hall–Kier alpha value is -2.37. The Morgan fingerprint density at radius 2 is 2.03 bits per heavy atom. The monoisotopic (exact) mass is 410 g/mol. The summed E-state index contributed by atoms with van der Waals surface area (Å²) < 4.78 is 5.21. The van der Waals surface area contributed by atoms with E-state index in [9.17, 15) is 9.90 Å². The Bertz CT molecular complexity index is 1100. The summed E-state index contributed by atoms with van der Waals surface area (Å²) in [7, 11) is 0. The molecule has 5 nitrogen and oxygen atoms in total. The molecule has 0 radical (unpaired) electrons. The van der Waals surface area contributed by atoms with Crippen molar-refractivity contribution in [3.8, 4) is 0 Å². The van der Waals surface area contributed by atoms with E-state index >= 15 is 0 Å². The smallest absolute Gasteiger partial charge is 0.318 e. The molecule has 2 N–H and O–H groups in total. The Kier molecular flexibility index (Phi) is 4.23. The van der Waals surface area contributed by atoms with Crippen molar-refractivity contribution in [2.45, 2.75) is 37.5 Å². The average molecular weight is 411 g/mol. The number of rotatable bonds is 6. The number of carboxylic acids is 1. The number of nitrogens with zero attached hydrogens (tertiary/aromatic N) is 1. The lowest BCUT2D eigenvalue weighted by Crippen LogP contribution is -2.53. The van der Waals surface area contributed by atoms with Crippen molar-refractivity contribution < 1.29 is 14.6 Å². The number of aliphatic carboxylic acids is 1. The second-order valence-electron chi connectivity index (χ2n) is 8.73. The quantitative estimate of drug-likeness (QED) is 0.617. The Labute approximate surface area is 174 Å². The maximum Gasteiger partial charge on any atom is 0.318 e. The van der Waals surface area contributed by atoms with Gasteiger partial charge in [-0.05, 0) is 53.5 Å². The standard InChI is InChI=1S/C23H23ClN2O3/c1-22(8-9-22)16(15-4-2-3-5-17(15)24)11-20-25-18-7-6-14(10-19(18)26-20)23(21(27)28)12-29-13-23/h2-7,10,16H,8-9,11-13H2,1H3,(H,25,26)(H,27,28)/t16-/m1/s1. The van der Waals surface area contributed by atoms with Crippen LogP contribution in [0.2, 0.25) is 5.02 Å². The zero-order valence-electron chi connectivity index (χ0n) is 16.2. The van der Waals surface area contributed by atoms with Crippen molar-refractivity contribution in [2.75, 3.05) is 13.2 Å². The zero-order chi connectivity index (χ0) is 20.2. The number of carbonyl (C=O) groups is 1. The first-order chi connectivity index (χ1) is 13.9. The molecule has 1 saturated carbocycles. The van der Waals surface area contributed by atoms with Gasteiger partial charge in [0, 0.05) is 11.4 Å². The minimum atomic E-state index is -0.943. The van der Waals surface area contributed by atoms with E-state index in [0.717, 1.165) is 33.9 Å². The van der Waals surface area contributed by atoms with Crippen LogP contribution in [0.5, 0.6) is 0 Å². The highest BCUT2D eigenvalue weighted by atomic mass is 35.5. The van der Waals surface area contributed by atoms with Crippen molar-refractivity contribution >= 4 is 28.6 Å². The summed E-state index contributed by atoms with van der Waals surface area (Å²) >= 11 is 6.52. The van der Waals surface area contributed by atoms with Gasteiger partial charge in [0.2, 0.25) is 0 Å². The van der Waals surface area contributed by atoms with Gasteiger partial charge in [-0.1, -0.05) is 42.8 Å². The van der Waals surface area contributed by atoms with E-state index in [1.807, 2.05) is 36.4 Å². The predicted octanol–water partition coefficient (Wildman–Crippen LogP) is 4.70. The van der Waals surface area contributed by atoms with Crippen LogP contribution in [0.4, 0.5) is 0 Å². The maximum absolute atomic E-state index is 11.8. The summed E-state index contributed by atoms with van der Waals surface area (Å²) in [6.07, 6.45) is 3.15. The third kappa shape index (κ3) is 3.04. The number of fused-ring (bicyclic) bond motifs is 1. The number of ether oxygens (including phenoxy) is 1. The van der Waals surface area contributed by atoms with Crippen LogP contribution >= 0.6 is 11.6 Å². The maximum atomic E-state index is 11.8. The van der Waals surface area contributed by atoms with E-state index in [0.29, 0.717) is 5.92 Å². The van der Waals surface area contributed by atoms with Gasteiger partial charge in [0.1, 0.15) is 11.2 Å². The topological polar surface area (TPSA) is 75.2 Å². The van der Waals surface area contributed by atoms with Crippen molar-refractivity contribution in [3.63, 3.8) is 0 Å². The lowest BCUT2D eigenvalue weighted by molar-refractivity contribution is -0.163. The molecule has 2 aromatic carbocycles. The van der Waals surface area contributed by atoms with Crippen molar-refractivity contribution in [3.05, 3.63) is 64.4 Å². The number of imidazole rings is 1. The Morgan fingerprint density at radius 1 is 1.28 bits per heavy atom. The highest BCUT2D eigenvalue weighted by molar-refractivity contribution is 6.31. The highest BCUT2D eigenvalue weighted by Gasteiger charge is 2.48. The molecule has 1 saturated heterocycles. The minimum absolute atomic E-state index is 0.210. The van der Waals surface area contributed by atoms with Gasteiger partial charge in [-0.25, -0.2) is 4.98 Å². The fraction of sp³-hybridized carbons (Fsp3) is 0.391. The van der Waals surface area contributed by atoms with Crippen LogP contribution in [0.25, 0.3) is 11.0 Å². The van der Waals surface area contributed by atoms with Crippen LogP contribution in [0.15, 0.2) is 42.5 Å². The molecule has 0 amide bonds. The second kappa shape index (κ2) is 6.57. The summed E-state index contributed by atoms with van der Waals surface area (Å²) in [5, 5.41) is 10.5. The molecule has 2 aliphatic rings. The highest BCUT2D eigenvalue weighted by Crippen LogP contribution is 2.57. The molecular formula is C23H23ClN2O3. The van der Waals surface area contributed by atoms with Crippen LogP contribution in [0.1, 0.15) is 42.6 Å². The second-order valence-corrected chi connectivity index (χ2v) is 9.13. The third-order valence-electron chi connectivity index (χ3n) is 6.75. The fourth-order valence-corrected chi connectivity index (χ4v) is 4.67. The molecule has 2 heterocycles. The molecule has 2 fully saturated rings. The predicted molar refractivity (Wildman–Crippen MR) is 111 cm³/mol. The van der Waals surface area contributed by atoms with Gasteiger partial charge in [0.25, 0.3) is 0 Å². The molecule has 5 rings (SSSR count). The van der Waals surface area contributed by atoms with Gasteiger partial charge >= 0.3 is 5.97 Å². The molecular weight excluding hydrogens is 388 g/mol. The first kappa shape index (κ1) is 18.6. The number of hydrogen-bond donors (Lipinski definition) is 2. The van der Waals surface area contributed by atoms with E-state index in [-0.39, 0.29) is 18.6 Å². The van der Waals surface area contributed by atoms with Crippen LogP contribution in [-0.2, 0) is 21.4 Å². The number of aromatic nitrogens is 2. The van der Waals surface area contributed by atoms with Gasteiger partial charge in [-0.3, -0.25) is 4.79 Å². The minimum Gasteiger partial charge on any atom is -0.480 e. The fourth-order valence-electron chi connectivity index (χ4n) is 4.41. The van der Waals surface area contributed by atoms with E-state index in [1.54, 1.807) is 0 Å². The number of hydrogen-bond acceptors (Lipinski definition) is 3. The Morgan fingerprint density at radius 3 is 2.66 bits per heavy atom. The number of aromatic amines is 1. The molecule has 0 unspecified atom stereocenters. The van der Waals surface area contributed by atoms with Crippen LogP contribution in [-0.4, -0.2) is 34.3 Å². The number of carboxylic acid groups (broad SMARTS) is 1. The van der Waals surface area contributed by atoms with Gasteiger partial charge in [0.05, 0.1) is 24.2 Å². The van der Waals surface area contributed by atoms with Crippen LogP contribution in [0.3, 0.4) is 0 Å². The summed E-state index contributed by atoms with van der Waals surface area (Å²) in [6, 6.07) is 13.7.